The summed E-state index contributed by atoms with van der Waals surface area (Å²) in [5.41, 5.74) is 4.58. The predicted octanol–water partition coefficient (Wildman–Crippen LogP) is 3.98. The quantitative estimate of drug-likeness (QED) is 0.507. The molecule has 3 heterocycles. The van der Waals surface area contributed by atoms with Crippen LogP contribution < -0.4 is 10.6 Å². The fourth-order valence-electron chi connectivity index (χ4n) is 3.15. The number of pyridine rings is 1. The molecule has 1 aromatic carbocycles. The largest absolute Gasteiger partial charge is 0.362 e. The Morgan fingerprint density at radius 1 is 1.20 bits per heavy atom. The van der Waals surface area contributed by atoms with Crippen molar-refractivity contribution in [2.75, 3.05) is 10.6 Å². The molecule has 0 saturated carbocycles. The molecule has 0 aliphatic carbocycles. The lowest BCUT2D eigenvalue weighted by atomic mass is 10.1. The van der Waals surface area contributed by atoms with Crippen molar-refractivity contribution < 1.29 is 4.79 Å². The maximum absolute atomic E-state index is 12.5. The number of fused-ring (bicyclic) bond motifs is 1. The highest BCUT2D eigenvalue weighted by atomic mass is 16.1. The third kappa shape index (κ3) is 4.27. The van der Waals surface area contributed by atoms with Gasteiger partial charge in [-0.25, -0.2) is 9.97 Å². The summed E-state index contributed by atoms with van der Waals surface area (Å²) in [6.45, 7) is 6.73. The minimum Gasteiger partial charge on any atom is -0.362 e. The van der Waals surface area contributed by atoms with Crippen LogP contribution in [0.25, 0.3) is 11.2 Å². The molecular formula is C22H23N7O. The summed E-state index contributed by atoms with van der Waals surface area (Å²) in [5, 5.41) is 10.7. The van der Waals surface area contributed by atoms with E-state index < -0.39 is 0 Å². The van der Waals surface area contributed by atoms with Crippen molar-refractivity contribution in [1.82, 2.24) is 24.7 Å². The molecule has 2 N–H and O–H groups in total. The molecule has 1 atom stereocenters. The van der Waals surface area contributed by atoms with Gasteiger partial charge in [0.05, 0.1) is 24.0 Å². The normalized spacial score (nSPS) is 12.0. The summed E-state index contributed by atoms with van der Waals surface area (Å²) in [5.74, 6) is 0.461. The fraction of sp³-hybridized carbons (Fsp3) is 0.227. The Hall–Kier alpha value is -3.81. The second-order valence-corrected chi connectivity index (χ2v) is 7.15. The number of carbonyl (C=O) groups excluding carboxylic acids is 1. The molecule has 0 spiro atoms. The molecular weight excluding hydrogens is 378 g/mol. The van der Waals surface area contributed by atoms with E-state index in [1.807, 2.05) is 62.0 Å². The van der Waals surface area contributed by atoms with Gasteiger partial charge in [0.25, 0.3) is 5.91 Å². The van der Waals surface area contributed by atoms with Crippen LogP contribution in [0.2, 0.25) is 0 Å². The average molecular weight is 401 g/mol. The van der Waals surface area contributed by atoms with Crippen molar-refractivity contribution in [3.8, 4) is 0 Å². The monoisotopic (exact) mass is 401 g/mol. The van der Waals surface area contributed by atoms with Crippen LogP contribution in [0.4, 0.5) is 11.5 Å². The molecule has 0 radical (unpaired) electrons. The number of anilines is 2. The summed E-state index contributed by atoms with van der Waals surface area (Å²) in [6.07, 6.45) is 6.87. The van der Waals surface area contributed by atoms with Crippen molar-refractivity contribution in [1.29, 1.82) is 0 Å². The van der Waals surface area contributed by atoms with Crippen molar-refractivity contribution in [3.63, 3.8) is 0 Å². The second-order valence-electron chi connectivity index (χ2n) is 7.15. The van der Waals surface area contributed by atoms with Crippen LogP contribution in [0.3, 0.4) is 0 Å². The first-order valence-corrected chi connectivity index (χ1v) is 9.81. The Balaban J connectivity index is 1.48. The average Bonchev–Trinajstić information content (AvgIpc) is 3.16. The molecule has 152 valence electrons. The van der Waals surface area contributed by atoms with Gasteiger partial charge in [0.1, 0.15) is 11.3 Å². The lowest BCUT2D eigenvalue weighted by molar-refractivity contribution is 0.102. The number of nitrogens with zero attached hydrogens (tertiary/aromatic N) is 5. The van der Waals surface area contributed by atoms with Gasteiger partial charge in [-0.2, -0.15) is 5.10 Å². The zero-order chi connectivity index (χ0) is 21.1. The molecule has 4 rings (SSSR count). The van der Waals surface area contributed by atoms with Gasteiger partial charge in [-0.1, -0.05) is 12.1 Å². The maximum Gasteiger partial charge on any atom is 0.257 e. The van der Waals surface area contributed by atoms with E-state index in [0.717, 1.165) is 28.9 Å². The number of hydrogen-bond donors (Lipinski definition) is 2. The van der Waals surface area contributed by atoms with E-state index in [2.05, 4.69) is 30.7 Å². The summed E-state index contributed by atoms with van der Waals surface area (Å²) < 4.78 is 1.81. The van der Waals surface area contributed by atoms with Crippen LogP contribution in [0.5, 0.6) is 0 Å². The van der Waals surface area contributed by atoms with E-state index in [9.17, 15) is 4.79 Å². The third-order valence-electron chi connectivity index (χ3n) is 4.75. The van der Waals surface area contributed by atoms with Crippen molar-refractivity contribution in [3.05, 3.63) is 71.8 Å². The van der Waals surface area contributed by atoms with Gasteiger partial charge in [-0.3, -0.25) is 14.5 Å². The van der Waals surface area contributed by atoms with Crippen molar-refractivity contribution in [2.45, 2.75) is 33.4 Å². The molecule has 0 aliphatic heterocycles. The highest BCUT2D eigenvalue weighted by Gasteiger charge is 2.11. The Kier molecular flexibility index (Phi) is 5.38. The lowest BCUT2D eigenvalue weighted by Gasteiger charge is -2.16. The molecule has 30 heavy (non-hydrogen) atoms. The van der Waals surface area contributed by atoms with E-state index in [4.69, 9.17) is 0 Å². The molecule has 0 fully saturated rings. The molecule has 1 unspecified atom stereocenters. The van der Waals surface area contributed by atoms with Gasteiger partial charge in [0.2, 0.25) is 5.65 Å². The van der Waals surface area contributed by atoms with Gasteiger partial charge in [-0.05, 0) is 50.1 Å². The molecule has 8 heteroatoms. The topological polar surface area (TPSA) is 97.6 Å². The Morgan fingerprint density at radius 2 is 2.07 bits per heavy atom. The fourth-order valence-corrected chi connectivity index (χ4v) is 3.15. The number of rotatable bonds is 6. The number of nitrogens with one attached hydrogen (secondary N) is 2. The standard InChI is InChI=1S/C22H23N7O/c1-4-29-13-19-21(28-29)27-20(12-24-19)25-15(3)16-6-5-7-18(9-16)26-22(30)17-8-14(2)10-23-11-17/h5-13,15H,4H2,1-3H3,(H,26,30)(H,25,27,28). The minimum absolute atomic E-state index is 0.0394. The van der Waals surface area contributed by atoms with E-state index in [0.29, 0.717) is 17.0 Å². The van der Waals surface area contributed by atoms with Gasteiger partial charge < -0.3 is 10.6 Å². The zero-order valence-corrected chi connectivity index (χ0v) is 17.1. The number of aromatic nitrogens is 5. The van der Waals surface area contributed by atoms with E-state index in [-0.39, 0.29) is 11.9 Å². The molecule has 0 saturated heterocycles. The summed E-state index contributed by atoms with van der Waals surface area (Å²) in [4.78, 5) is 25.5. The predicted molar refractivity (Wildman–Crippen MR) is 116 cm³/mol. The van der Waals surface area contributed by atoms with E-state index >= 15 is 0 Å². The molecule has 0 bridgehead atoms. The first-order valence-electron chi connectivity index (χ1n) is 9.81. The summed E-state index contributed by atoms with van der Waals surface area (Å²) in [6, 6.07) is 9.49. The summed E-state index contributed by atoms with van der Waals surface area (Å²) >= 11 is 0. The van der Waals surface area contributed by atoms with Crippen LogP contribution in [0.1, 0.15) is 41.4 Å². The Morgan fingerprint density at radius 3 is 2.87 bits per heavy atom. The van der Waals surface area contributed by atoms with E-state index in [1.165, 1.54) is 0 Å². The van der Waals surface area contributed by atoms with Crippen molar-refractivity contribution in [2.24, 2.45) is 0 Å². The van der Waals surface area contributed by atoms with Gasteiger partial charge in [0.15, 0.2) is 0 Å². The molecule has 3 aromatic heterocycles. The summed E-state index contributed by atoms with van der Waals surface area (Å²) in [7, 11) is 0. The zero-order valence-electron chi connectivity index (χ0n) is 17.1. The first kappa shape index (κ1) is 19.5. The smallest absolute Gasteiger partial charge is 0.257 e. The SMILES string of the molecule is CCn1cc2ncc(NC(C)c3cccc(NC(=O)c4cncc(C)c4)c3)nc2n1. The minimum atomic E-state index is -0.188. The Labute approximate surface area is 174 Å². The molecule has 8 nitrogen and oxygen atoms in total. The number of benzene rings is 1. The second kappa shape index (κ2) is 8.28. The van der Waals surface area contributed by atoms with Crippen LogP contribution >= 0.6 is 0 Å². The molecule has 1 amide bonds. The van der Waals surface area contributed by atoms with Crippen LogP contribution in [-0.4, -0.2) is 30.6 Å². The Bertz CT molecular complexity index is 1200. The molecule has 4 aromatic rings. The lowest BCUT2D eigenvalue weighted by Crippen LogP contribution is -2.13. The molecule has 0 aliphatic rings. The van der Waals surface area contributed by atoms with Crippen LogP contribution in [0, 0.1) is 6.92 Å². The number of carbonyl (C=O) groups is 1. The first-order chi connectivity index (χ1) is 14.5. The number of amides is 1. The van der Waals surface area contributed by atoms with Gasteiger partial charge in [0, 0.05) is 24.6 Å². The highest BCUT2D eigenvalue weighted by molar-refractivity contribution is 6.04. The van der Waals surface area contributed by atoms with Gasteiger partial charge >= 0.3 is 0 Å². The van der Waals surface area contributed by atoms with E-state index in [1.54, 1.807) is 18.6 Å². The van der Waals surface area contributed by atoms with Crippen molar-refractivity contribution >= 4 is 28.6 Å². The van der Waals surface area contributed by atoms with Crippen LogP contribution in [-0.2, 0) is 6.54 Å². The number of hydrogen-bond acceptors (Lipinski definition) is 6. The maximum atomic E-state index is 12.5. The highest BCUT2D eigenvalue weighted by Crippen LogP contribution is 2.22. The van der Waals surface area contributed by atoms with Gasteiger partial charge in [-0.15, -0.1) is 0 Å². The number of aryl methyl sites for hydroxylation is 2. The van der Waals surface area contributed by atoms with Crippen LogP contribution in [0.15, 0.2) is 55.1 Å². The third-order valence-corrected chi connectivity index (χ3v) is 4.75.